The lowest BCUT2D eigenvalue weighted by molar-refractivity contribution is 0.185. The van der Waals surface area contributed by atoms with E-state index >= 15 is 0 Å². The van der Waals surface area contributed by atoms with Crippen molar-refractivity contribution >= 4 is 29.9 Å². The maximum Gasteiger partial charge on any atom is 0.191 e. The van der Waals surface area contributed by atoms with Crippen molar-refractivity contribution in [3.05, 3.63) is 70.8 Å². The van der Waals surface area contributed by atoms with Gasteiger partial charge in [-0.2, -0.15) is 0 Å². The van der Waals surface area contributed by atoms with Crippen molar-refractivity contribution in [3.63, 3.8) is 0 Å². The second kappa shape index (κ2) is 11.0. The Morgan fingerprint density at radius 2 is 1.64 bits per heavy atom. The van der Waals surface area contributed by atoms with Crippen LogP contribution in [-0.2, 0) is 24.4 Å². The molecule has 0 aliphatic heterocycles. The number of aliphatic imine (C=N–C) groups is 1. The summed E-state index contributed by atoms with van der Waals surface area (Å²) in [7, 11) is 3.28. The fourth-order valence-electron chi connectivity index (χ4n) is 2.18. The number of ether oxygens (including phenoxy) is 1. The summed E-state index contributed by atoms with van der Waals surface area (Å²) in [6.07, 6.45) is 0. The Morgan fingerprint density at radius 1 is 1.00 bits per heavy atom. The van der Waals surface area contributed by atoms with E-state index in [-0.39, 0.29) is 36.1 Å². The lowest BCUT2D eigenvalue weighted by Gasteiger charge is -2.13. The summed E-state index contributed by atoms with van der Waals surface area (Å²) in [5.74, 6) is -0.403. The summed E-state index contributed by atoms with van der Waals surface area (Å²) in [4.78, 5) is 4.08. The number of nitrogens with zero attached hydrogens (tertiary/aromatic N) is 1. The summed E-state index contributed by atoms with van der Waals surface area (Å²) in [6.45, 7) is 1.30. The molecule has 0 bridgehead atoms. The Balaban J connectivity index is 0.00000312. The molecule has 0 fully saturated rings. The zero-order chi connectivity index (χ0) is 17.4. The minimum atomic E-state index is -0.465. The Hall–Kier alpha value is -1.74. The molecule has 0 amide bonds. The van der Waals surface area contributed by atoms with Gasteiger partial charge in [0.15, 0.2) is 5.96 Å². The van der Waals surface area contributed by atoms with Crippen molar-refractivity contribution in [1.29, 1.82) is 0 Å². The Morgan fingerprint density at radius 3 is 2.28 bits per heavy atom. The van der Waals surface area contributed by atoms with Crippen molar-refractivity contribution in [3.8, 4) is 0 Å². The van der Waals surface area contributed by atoms with Crippen molar-refractivity contribution in [2.24, 2.45) is 4.99 Å². The molecule has 0 aromatic heterocycles. The molecule has 7 heteroatoms. The molecule has 0 aliphatic carbocycles. The second-order valence-corrected chi connectivity index (χ2v) is 5.26. The third kappa shape index (κ3) is 6.95. The minimum absolute atomic E-state index is 0. The Labute approximate surface area is 163 Å². The number of halogens is 3. The summed E-state index contributed by atoms with van der Waals surface area (Å²) in [5, 5.41) is 6.10. The van der Waals surface area contributed by atoms with E-state index in [1.807, 2.05) is 24.3 Å². The van der Waals surface area contributed by atoms with E-state index in [9.17, 15) is 8.78 Å². The second-order valence-electron chi connectivity index (χ2n) is 5.26. The van der Waals surface area contributed by atoms with Crippen LogP contribution >= 0.6 is 24.0 Å². The van der Waals surface area contributed by atoms with Crippen LogP contribution in [0.3, 0.4) is 0 Å². The summed E-state index contributed by atoms with van der Waals surface area (Å²) in [5.41, 5.74) is 2.43. The Kier molecular flexibility index (Phi) is 9.36. The number of nitrogens with one attached hydrogen (secondary N) is 2. The van der Waals surface area contributed by atoms with Crippen LogP contribution in [0.1, 0.15) is 16.7 Å². The van der Waals surface area contributed by atoms with Gasteiger partial charge >= 0.3 is 0 Å². The molecule has 136 valence electrons. The van der Waals surface area contributed by atoms with Gasteiger partial charge in [-0.3, -0.25) is 4.99 Å². The van der Waals surface area contributed by atoms with Gasteiger partial charge in [-0.15, -0.1) is 24.0 Å². The first kappa shape index (κ1) is 21.3. The molecule has 4 nitrogen and oxygen atoms in total. The van der Waals surface area contributed by atoms with Crippen LogP contribution in [0.4, 0.5) is 8.78 Å². The topological polar surface area (TPSA) is 45.7 Å². The summed E-state index contributed by atoms with van der Waals surface area (Å²) in [6, 6.07) is 11.4. The molecule has 0 atom stereocenters. The average molecular weight is 461 g/mol. The zero-order valence-corrected chi connectivity index (χ0v) is 16.5. The van der Waals surface area contributed by atoms with Crippen LogP contribution in [-0.4, -0.2) is 20.1 Å². The predicted molar refractivity (Wildman–Crippen MR) is 106 cm³/mol. The SMILES string of the molecule is CN=C(NCc1ccc(COC)cc1)NCc1cc(F)ccc1F.I. The lowest BCUT2D eigenvalue weighted by Crippen LogP contribution is -2.36. The highest BCUT2D eigenvalue weighted by Gasteiger charge is 2.05. The molecule has 2 rings (SSSR count). The van der Waals surface area contributed by atoms with E-state index in [1.54, 1.807) is 14.2 Å². The third-order valence-corrected chi connectivity index (χ3v) is 3.47. The smallest absolute Gasteiger partial charge is 0.191 e. The van der Waals surface area contributed by atoms with E-state index < -0.39 is 11.6 Å². The van der Waals surface area contributed by atoms with E-state index in [4.69, 9.17) is 4.74 Å². The van der Waals surface area contributed by atoms with Gasteiger partial charge in [0.1, 0.15) is 11.6 Å². The van der Waals surface area contributed by atoms with Crippen molar-refractivity contribution in [2.75, 3.05) is 14.2 Å². The average Bonchev–Trinajstić information content (AvgIpc) is 2.59. The van der Waals surface area contributed by atoms with Crippen LogP contribution in [0.15, 0.2) is 47.5 Å². The molecule has 0 radical (unpaired) electrons. The van der Waals surface area contributed by atoms with E-state index in [1.165, 1.54) is 6.07 Å². The van der Waals surface area contributed by atoms with Gasteiger partial charge in [0.2, 0.25) is 0 Å². The van der Waals surface area contributed by atoms with Crippen LogP contribution in [0, 0.1) is 11.6 Å². The number of rotatable bonds is 6. The zero-order valence-electron chi connectivity index (χ0n) is 14.2. The maximum atomic E-state index is 13.6. The monoisotopic (exact) mass is 461 g/mol. The van der Waals surface area contributed by atoms with E-state index in [0.29, 0.717) is 19.1 Å². The standard InChI is InChI=1S/C18H21F2N3O.HI/c1-21-18(23-11-15-9-16(19)7-8-17(15)20)22-10-13-3-5-14(6-4-13)12-24-2;/h3-9H,10-12H2,1-2H3,(H2,21,22,23);1H. The lowest BCUT2D eigenvalue weighted by atomic mass is 10.1. The number of benzene rings is 2. The minimum Gasteiger partial charge on any atom is -0.380 e. The molecular formula is C18H22F2IN3O. The van der Waals surface area contributed by atoms with Gasteiger partial charge in [-0.1, -0.05) is 24.3 Å². The predicted octanol–water partition coefficient (Wildman–Crippen LogP) is 3.59. The fraction of sp³-hybridized carbons (Fsp3) is 0.278. The molecular weight excluding hydrogens is 439 g/mol. The van der Waals surface area contributed by atoms with Crippen LogP contribution in [0.2, 0.25) is 0 Å². The highest BCUT2D eigenvalue weighted by Crippen LogP contribution is 2.09. The van der Waals surface area contributed by atoms with Crippen molar-refractivity contribution in [2.45, 2.75) is 19.7 Å². The summed E-state index contributed by atoms with van der Waals surface area (Å²) >= 11 is 0. The number of guanidine groups is 1. The largest absolute Gasteiger partial charge is 0.380 e. The van der Waals surface area contributed by atoms with E-state index in [2.05, 4.69) is 15.6 Å². The first-order chi connectivity index (χ1) is 11.6. The van der Waals surface area contributed by atoms with Crippen LogP contribution in [0.25, 0.3) is 0 Å². The molecule has 0 aliphatic rings. The van der Waals surface area contributed by atoms with Gasteiger partial charge in [-0.25, -0.2) is 8.78 Å². The van der Waals surface area contributed by atoms with Gasteiger partial charge < -0.3 is 15.4 Å². The number of methoxy groups -OCH3 is 1. The quantitative estimate of drug-likeness (QED) is 0.393. The first-order valence-corrected chi connectivity index (χ1v) is 7.57. The fourth-order valence-corrected chi connectivity index (χ4v) is 2.18. The highest BCUT2D eigenvalue weighted by atomic mass is 127. The van der Waals surface area contributed by atoms with Gasteiger partial charge in [0, 0.05) is 32.8 Å². The molecule has 0 heterocycles. The summed E-state index contributed by atoms with van der Waals surface area (Å²) < 4.78 is 31.8. The Bertz CT molecular complexity index is 693. The highest BCUT2D eigenvalue weighted by molar-refractivity contribution is 14.0. The third-order valence-electron chi connectivity index (χ3n) is 3.47. The molecule has 0 saturated heterocycles. The molecule has 0 unspecified atom stereocenters. The van der Waals surface area contributed by atoms with Crippen LogP contribution < -0.4 is 10.6 Å². The van der Waals surface area contributed by atoms with Crippen LogP contribution in [0.5, 0.6) is 0 Å². The van der Waals surface area contributed by atoms with Crippen molar-refractivity contribution < 1.29 is 13.5 Å². The van der Waals surface area contributed by atoms with Crippen molar-refractivity contribution in [1.82, 2.24) is 10.6 Å². The molecule has 0 spiro atoms. The van der Waals surface area contributed by atoms with Gasteiger partial charge in [-0.05, 0) is 29.3 Å². The maximum absolute atomic E-state index is 13.6. The molecule has 2 aromatic carbocycles. The molecule has 0 saturated carbocycles. The molecule has 25 heavy (non-hydrogen) atoms. The normalized spacial score (nSPS) is 11.0. The molecule has 2 N–H and O–H groups in total. The number of hydrogen-bond acceptors (Lipinski definition) is 2. The van der Waals surface area contributed by atoms with E-state index in [0.717, 1.165) is 23.3 Å². The van der Waals surface area contributed by atoms with Gasteiger partial charge in [0.25, 0.3) is 0 Å². The first-order valence-electron chi connectivity index (χ1n) is 7.57. The molecule has 2 aromatic rings. The number of hydrogen-bond donors (Lipinski definition) is 2. The van der Waals surface area contributed by atoms with Gasteiger partial charge in [0.05, 0.1) is 6.61 Å².